The van der Waals surface area contributed by atoms with E-state index in [-0.39, 0.29) is 38.4 Å². The summed E-state index contributed by atoms with van der Waals surface area (Å²) in [6, 6.07) is 0.808. The molecule has 4 rings (SSSR count). The Kier molecular flexibility index (Phi) is 4.31. The zero-order valence-corrected chi connectivity index (χ0v) is 16.5. The summed E-state index contributed by atoms with van der Waals surface area (Å²) in [5, 5.41) is 4.05. The highest BCUT2D eigenvalue weighted by molar-refractivity contribution is 7.91. The molecule has 0 bridgehead atoms. The van der Waals surface area contributed by atoms with Crippen LogP contribution in [-0.2, 0) is 23.1 Å². The van der Waals surface area contributed by atoms with Gasteiger partial charge in [-0.25, -0.2) is 27.9 Å². The van der Waals surface area contributed by atoms with Gasteiger partial charge in [0.25, 0.3) is 0 Å². The summed E-state index contributed by atoms with van der Waals surface area (Å²) in [6.07, 6.45) is -0.894. The third kappa shape index (κ3) is 3.12. The fourth-order valence-electron chi connectivity index (χ4n) is 2.91. The average Bonchev–Trinajstić information content (AvgIpc) is 3.18. The molecule has 4 aromatic heterocycles. The number of sulfone groups is 1. The molecule has 152 valence electrons. The van der Waals surface area contributed by atoms with Gasteiger partial charge in [0.05, 0.1) is 34.2 Å². The van der Waals surface area contributed by atoms with Gasteiger partial charge in [-0.1, -0.05) is 18.5 Å². The molecule has 0 unspecified atom stereocenters. The molecular weight excluding hydrogens is 433 g/mol. The number of alkyl halides is 3. The monoisotopic (exact) mass is 444 g/mol. The Hall–Kier alpha value is -2.73. The van der Waals surface area contributed by atoms with Gasteiger partial charge in [0.2, 0.25) is 0 Å². The Morgan fingerprint density at radius 2 is 1.93 bits per heavy atom. The third-order valence-corrected chi connectivity index (χ3v) is 6.19. The number of imidazole rings is 1. The van der Waals surface area contributed by atoms with Crippen LogP contribution in [0.15, 0.2) is 29.7 Å². The summed E-state index contributed by atoms with van der Waals surface area (Å²) in [4.78, 5) is 11.8. The molecule has 0 amide bonds. The van der Waals surface area contributed by atoms with Crippen LogP contribution in [0.1, 0.15) is 12.6 Å². The molecule has 0 aliphatic heterocycles. The molecule has 0 fully saturated rings. The van der Waals surface area contributed by atoms with Crippen molar-refractivity contribution in [2.24, 2.45) is 7.05 Å². The number of aromatic nitrogens is 6. The van der Waals surface area contributed by atoms with E-state index in [0.717, 1.165) is 12.3 Å². The average molecular weight is 445 g/mol. The van der Waals surface area contributed by atoms with Crippen molar-refractivity contribution in [3.63, 3.8) is 0 Å². The minimum Gasteiger partial charge on any atom is -0.326 e. The molecule has 0 atom stereocenters. The third-order valence-electron chi connectivity index (χ3n) is 4.36. The van der Waals surface area contributed by atoms with E-state index in [9.17, 15) is 21.6 Å². The van der Waals surface area contributed by atoms with E-state index in [1.54, 1.807) is 7.05 Å². The first-order valence-electron chi connectivity index (χ1n) is 8.19. The Bertz CT molecular complexity index is 1380. The molecule has 0 radical (unpaired) electrons. The van der Waals surface area contributed by atoms with Crippen LogP contribution in [0.3, 0.4) is 0 Å². The summed E-state index contributed by atoms with van der Waals surface area (Å²) in [5.41, 5.74) is -0.556. The topological polar surface area (TPSA) is 95.0 Å². The van der Waals surface area contributed by atoms with Gasteiger partial charge in [0.15, 0.2) is 20.5 Å². The highest BCUT2D eigenvalue weighted by Gasteiger charge is 2.34. The minimum absolute atomic E-state index is 0.0120. The predicted molar refractivity (Wildman–Crippen MR) is 98.2 cm³/mol. The van der Waals surface area contributed by atoms with Crippen LogP contribution in [-0.4, -0.2) is 43.3 Å². The largest absolute Gasteiger partial charge is 0.433 e. The van der Waals surface area contributed by atoms with E-state index >= 15 is 0 Å². The summed E-state index contributed by atoms with van der Waals surface area (Å²) >= 11 is 5.92. The molecule has 29 heavy (non-hydrogen) atoms. The molecular formula is C16H12ClF3N6O2S. The van der Waals surface area contributed by atoms with Crippen LogP contribution in [0.2, 0.25) is 5.02 Å². The maximum atomic E-state index is 13.0. The first-order valence-corrected chi connectivity index (χ1v) is 10.2. The molecule has 0 N–H and O–H groups in total. The Morgan fingerprint density at radius 1 is 1.21 bits per heavy atom. The van der Waals surface area contributed by atoms with Crippen molar-refractivity contribution in [3.05, 3.63) is 35.4 Å². The second kappa shape index (κ2) is 6.39. The number of hydrogen-bond acceptors (Lipinski definition) is 6. The van der Waals surface area contributed by atoms with Crippen molar-refractivity contribution in [2.75, 3.05) is 5.75 Å². The zero-order chi connectivity index (χ0) is 21.1. The lowest BCUT2D eigenvalue weighted by atomic mass is 10.3. The lowest BCUT2D eigenvalue weighted by Crippen LogP contribution is -2.07. The van der Waals surface area contributed by atoms with Crippen molar-refractivity contribution in [2.45, 2.75) is 18.1 Å². The van der Waals surface area contributed by atoms with E-state index in [4.69, 9.17) is 11.6 Å². The highest BCUT2D eigenvalue weighted by atomic mass is 35.5. The van der Waals surface area contributed by atoms with Gasteiger partial charge in [-0.15, -0.1) is 0 Å². The van der Waals surface area contributed by atoms with E-state index in [1.807, 2.05) is 0 Å². The van der Waals surface area contributed by atoms with Gasteiger partial charge in [-0.2, -0.15) is 18.3 Å². The molecule has 4 heterocycles. The maximum Gasteiger partial charge on any atom is 0.433 e. The van der Waals surface area contributed by atoms with E-state index in [2.05, 4.69) is 20.1 Å². The number of fused-ring (bicyclic) bond motifs is 2. The lowest BCUT2D eigenvalue weighted by molar-refractivity contribution is -0.141. The Balaban J connectivity index is 2.07. The molecule has 8 nitrogen and oxygen atoms in total. The van der Waals surface area contributed by atoms with Crippen molar-refractivity contribution in [1.82, 2.24) is 29.1 Å². The normalized spacial score (nSPS) is 12.9. The first-order chi connectivity index (χ1) is 13.5. The van der Waals surface area contributed by atoms with Crippen LogP contribution in [0, 0.1) is 0 Å². The SMILES string of the molecule is CCS(=O)(=O)c1nn2cc(Cl)cnc2c1-c1nc2cc(C(F)(F)F)ncc2n1C. The van der Waals surface area contributed by atoms with Gasteiger partial charge >= 0.3 is 6.18 Å². The summed E-state index contributed by atoms with van der Waals surface area (Å²) in [5.74, 6) is -0.139. The molecule has 0 aliphatic rings. The predicted octanol–water partition coefficient (Wildman–Crippen LogP) is 3.14. The molecule has 4 aromatic rings. The summed E-state index contributed by atoms with van der Waals surface area (Å²) in [7, 11) is -2.26. The zero-order valence-electron chi connectivity index (χ0n) is 14.9. The molecule has 0 aliphatic carbocycles. The summed E-state index contributed by atoms with van der Waals surface area (Å²) in [6.45, 7) is 1.46. The summed E-state index contributed by atoms with van der Waals surface area (Å²) < 4.78 is 66.9. The number of pyridine rings is 1. The second-order valence-electron chi connectivity index (χ2n) is 6.17. The van der Waals surface area contributed by atoms with Gasteiger partial charge in [0, 0.05) is 13.2 Å². The second-order valence-corrected chi connectivity index (χ2v) is 8.80. The number of hydrogen-bond donors (Lipinski definition) is 0. The number of nitrogens with zero attached hydrogens (tertiary/aromatic N) is 6. The van der Waals surface area contributed by atoms with Gasteiger partial charge in [-0.05, 0) is 6.07 Å². The molecule has 0 aromatic carbocycles. The van der Waals surface area contributed by atoms with Crippen LogP contribution < -0.4 is 0 Å². The molecule has 13 heteroatoms. The van der Waals surface area contributed by atoms with Crippen molar-refractivity contribution in [1.29, 1.82) is 0 Å². The van der Waals surface area contributed by atoms with Crippen molar-refractivity contribution < 1.29 is 21.6 Å². The smallest absolute Gasteiger partial charge is 0.326 e. The first kappa shape index (κ1) is 19.6. The van der Waals surface area contributed by atoms with Gasteiger partial charge < -0.3 is 4.57 Å². The van der Waals surface area contributed by atoms with Gasteiger partial charge in [0.1, 0.15) is 17.1 Å². The highest BCUT2D eigenvalue weighted by Crippen LogP contribution is 2.34. The number of aryl methyl sites for hydroxylation is 1. The standard InChI is InChI=1S/C16H12ClF3N6O2S/c1-3-29(27,28)15-12(13-22-5-8(17)7-26(13)24-15)14-23-9-4-11(16(18,19)20)21-6-10(9)25(14)2/h4-7H,3H2,1-2H3. The fourth-order valence-corrected chi connectivity index (χ4v) is 4.03. The molecule has 0 saturated heterocycles. The number of rotatable bonds is 3. The van der Waals surface area contributed by atoms with Crippen LogP contribution in [0.25, 0.3) is 28.1 Å². The van der Waals surface area contributed by atoms with Crippen molar-refractivity contribution in [3.8, 4) is 11.4 Å². The number of halogens is 4. The van der Waals surface area contributed by atoms with Crippen LogP contribution in [0.4, 0.5) is 13.2 Å². The quantitative estimate of drug-likeness (QED) is 0.481. The Labute approximate surface area is 166 Å². The van der Waals surface area contributed by atoms with E-state index in [1.165, 1.54) is 28.4 Å². The maximum absolute atomic E-state index is 13.0. The van der Waals surface area contributed by atoms with Crippen molar-refractivity contribution >= 4 is 38.1 Å². The van der Waals surface area contributed by atoms with Crippen LogP contribution >= 0.6 is 11.6 Å². The minimum atomic E-state index is -4.63. The molecule has 0 saturated carbocycles. The fraction of sp³-hybridized carbons (Fsp3) is 0.250. The van der Waals surface area contributed by atoms with E-state index < -0.39 is 21.7 Å². The molecule has 0 spiro atoms. The Morgan fingerprint density at radius 3 is 2.59 bits per heavy atom. The van der Waals surface area contributed by atoms with Crippen LogP contribution in [0.5, 0.6) is 0 Å². The van der Waals surface area contributed by atoms with E-state index in [0.29, 0.717) is 5.52 Å². The lowest BCUT2D eigenvalue weighted by Gasteiger charge is -2.05. The van der Waals surface area contributed by atoms with Gasteiger partial charge in [-0.3, -0.25) is 0 Å².